The van der Waals surface area contributed by atoms with Crippen molar-refractivity contribution >= 4 is 5.78 Å². The summed E-state index contributed by atoms with van der Waals surface area (Å²) in [6, 6.07) is 1.18. The van der Waals surface area contributed by atoms with Crippen LogP contribution in [0.2, 0.25) is 0 Å². The van der Waals surface area contributed by atoms with E-state index in [2.05, 4.69) is 4.74 Å². The van der Waals surface area contributed by atoms with Crippen molar-refractivity contribution in [1.29, 1.82) is 0 Å². The van der Waals surface area contributed by atoms with Crippen LogP contribution in [0.1, 0.15) is 15.9 Å². The Bertz CT molecular complexity index is 460. The largest absolute Gasteiger partial charge is 0.496 e. The number of ketones is 1. The number of hydrogen-bond donors (Lipinski definition) is 0. The van der Waals surface area contributed by atoms with E-state index in [9.17, 15) is 31.1 Å². The second-order valence-corrected chi connectivity index (χ2v) is 3.24. The van der Waals surface area contributed by atoms with E-state index in [4.69, 9.17) is 0 Å². The molecule has 1 aromatic rings. The number of rotatable bonds is 2. The molecule has 1 aromatic carbocycles. The summed E-state index contributed by atoms with van der Waals surface area (Å²) in [6.45, 7) is 0. The molecule has 100 valence electrons. The van der Waals surface area contributed by atoms with E-state index in [0.717, 1.165) is 7.11 Å². The Morgan fingerprint density at radius 1 is 1.11 bits per heavy atom. The van der Waals surface area contributed by atoms with Crippen LogP contribution in [0.25, 0.3) is 0 Å². The molecular weight excluding hydrogens is 266 g/mol. The van der Waals surface area contributed by atoms with Gasteiger partial charge >= 0.3 is 12.4 Å². The molecule has 0 saturated heterocycles. The third-order valence-corrected chi connectivity index (χ3v) is 2.03. The van der Waals surface area contributed by atoms with Gasteiger partial charge in [-0.15, -0.1) is 0 Å². The summed E-state index contributed by atoms with van der Waals surface area (Å²) < 4.78 is 77.8. The van der Waals surface area contributed by atoms with Gasteiger partial charge in [-0.25, -0.2) is 0 Å². The number of ether oxygens (including phenoxy) is 1. The van der Waals surface area contributed by atoms with Crippen molar-refractivity contribution in [3.05, 3.63) is 29.3 Å². The molecule has 0 N–H and O–H groups in total. The average molecular weight is 272 g/mol. The molecule has 18 heavy (non-hydrogen) atoms. The SMILES string of the molecule is COc1cc(C(F)(F)F)ccc1C(=O)C(F)(F)F. The summed E-state index contributed by atoms with van der Waals surface area (Å²) in [5.74, 6) is -3.03. The molecule has 0 amide bonds. The first-order chi connectivity index (χ1) is 8.07. The predicted molar refractivity (Wildman–Crippen MR) is 48.4 cm³/mol. The average Bonchev–Trinajstić information content (AvgIpc) is 2.24. The topological polar surface area (TPSA) is 26.3 Å². The van der Waals surface area contributed by atoms with Gasteiger partial charge in [0.05, 0.1) is 18.2 Å². The van der Waals surface area contributed by atoms with Crippen LogP contribution in [0.5, 0.6) is 5.75 Å². The van der Waals surface area contributed by atoms with Crippen molar-refractivity contribution < 1.29 is 35.9 Å². The normalized spacial score (nSPS) is 12.4. The fraction of sp³-hybridized carbons (Fsp3) is 0.300. The van der Waals surface area contributed by atoms with Crippen LogP contribution in [0.4, 0.5) is 26.3 Å². The molecule has 0 aliphatic rings. The number of Topliss-reactive ketones (excluding diaryl/α,β-unsaturated/α-hetero) is 1. The van der Waals surface area contributed by atoms with Gasteiger partial charge in [0, 0.05) is 0 Å². The second kappa shape index (κ2) is 4.51. The molecule has 1 rings (SSSR count). The van der Waals surface area contributed by atoms with Crippen molar-refractivity contribution in [2.45, 2.75) is 12.4 Å². The van der Waals surface area contributed by atoms with E-state index in [1.165, 1.54) is 0 Å². The highest BCUT2D eigenvalue weighted by Gasteiger charge is 2.41. The summed E-state index contributed by atoms with van der Waals surface area (Å²) in [7, 11) is 0.878. The Morgan fingerprint density at radius 2 is 1.67 bits per heavy atom. The first-order valence-electron chi connectivity index (χ1n) is 4.44. The molecule has 8 heteroatoms. The summed E-state index contributed by atoms with van der Waals surface area (Å²) in [4.78, 5) is 10.9. The summed E-state index contributed by atoms with van der Waals surface area (Å²) in [5, 5.41) is 0. The highest BCUT2D eigenvalue weighted by Crippen LogP contribution is 2.35. The number of hydrogen-bond acceptors (Lipinski definition) is 2. The lowest BCUT2D eigenvalue weighted by Crippen LogP contribution is -2.23. The maximum atomic E-state index is 12.3. The van der Waals surface area contributed by atoms with Crippen LogP contribution in [-0.4, -0.2) is 19.1 Å². The molecule has 0 spiro atoms. The van der Waals surface area contributed by atoms with Crippen LogP contribution in [0.15, 0.2) is 18.2 Å². The van der Waals surface area contributed by atoms with Gasteiger partial charge in [0.25, 0.3) is 5.78 Å². The quantitative estimate of drug-likeness (QED) is 0.608. The first-order valence-corrected chi connectivity index (χ1v) is 4.44. The molecule has 0 bridgehead atoms. The molecule has 0 fully saturated rings. The van der Waals surface area contributed by atoms with Crippen LogP contribution >= 0.6 is 0 Å². The number of methoxy groups -OCH3 is 1. The highest BCUT2D eigenvalue weighted by atomic mass is 19.4. The van der Waals surface area contributed by atoms with E-state index in [0.29, 0.717) is 18.2 Å². The summed E-state index contributed by atoms with van der Waals surface area (Å²) in [6.07, 6.45) is -9.90. The van der Waals surface area contributed by atoms with Crippen LogP contribution in [0.3, 0.4) is 0 Å². The second-order valence-electron chi connectivity index (χ2n) is 3.24. The fourth-order valence-electron chi connectivity index (χ4n) is 1.21. The highest BCUT2D eigenvalue weighted by molar-refractivity contribution is 6.02. The Morgan fingerprint density at radius 3 is 2.06 bits per heavy atom. The molecule has 0 unspecified atom stereocenters. The number of carbonyl (C=O) groups excluding carboxylic acids is 1. The Labute approximate surface area is 97.2 Å². The van der Waals surface area contributed by atoms with E-state index in [1.807, 2.05) is 0 Å². The molecule has 0 aliphatic carbocycles. The molecule has 0 radical (unpaired) electrons. The summed E-state index contributed by atoms with van der Waals surface area (Å²) in [5.41, 5.74) is -2.16. The van der Waals surface area contributed by atoms with Gasteiger partial charge in [0.2, 0.25) is 0 Å². The molecular formula is C10H6F6O2. The molecule has 0 saturated carbocycles. The molecule has 0 atom stereocenters. The van der Waals surface area contributed by atoms with Crippen LogP contribution in [0, 0.1) is 0 Å². The number of carbonyl (C=O) groups is 1. The van der Waals surface area contributed by atoms with Crippen molar-refractivity contribution in [1.82, 2.24) is 0 Å². The zero-order valence-corrected chi connectivity index (χ0v) is 8.82. The third kappa shape index (κ3) is 2.93. The maximum absolute atomic E-state index is 12.3. The van der Waals surface area contributed by atoms with Crippen molar-refractivity contribution in [2.75, 3.05) is 7.11 Å². The zero-order chi connectivity index (χ0) is 14.1. The van der Waals surface area contributed by atoms with Gasteiger partial charge in [-0.3, -0.25) is 4.79 Å². The number of halogens is 6. The van der Waals surface area contributed by atoms with Crippen LogP contribution < -0.4 is 4.74 Å². The Balaban J connectivity index is 3.29. The Hall–Kier alpha value is -1.73. The molecule has 2 nitrogen and oxygen atoms in total. The standard InChI is InChI=1S/C10H6F6O2/c1-18-7-4-5(9(11,12)13)2-3-6(7)8(17)10(14,15)16/h2-4H,1H3. The Kier molecular flexibility index (Phi) is 3.59. The lowest BCUT2D eigenvalue weighted by Gasteiger charge is -2.13. The van der Waals surface area contributed by atoms with E-state index in [-0.39, 0.29) is 0 Å². The van der Waals surface area contributed by atoms with E-state index < -0.39 is 35.0 Å². The van der Waals surface area contributed by atoms with Gasteiger partial charge in [0.15, 0.2) is 0 Å². The van der Waals surface area contributed by atoms with Crippen LogP contribution in [-0.2, 0) is 6.18 Å². The summed E-state index contributed by atoms with van der Waals surface area (Å²) >= 11 is 0. The molecule has 0 aliphatic heterocycles. The van der Waals surface area contributed by atoms with Crippen molar-refractivity contribution in [3.8, 4) is 5.75 Å². The number of alkyl halides is 6. The lowest BCUT2D eigenvalue weighted by atomic mass is 10.1. The van der Waals surface area contributed by atoms with E-state index in [1.54, 1.807) is 0 Å². The minimum Gasteiger partial charge on any atom is -0.496 e. The van der Waals surface area contributed by atoms with Crippen molar-refractivity contribution in [3.63, 3.8) is 0 Å². The number of benzene rings is 1. The minimum absolute atomic E-state index is 0.346. The third-order valence-electron chi connectivity index (χ3n) is 2.03. The maximum Gasteiger partial charge on any atom is 0.455 e. The molecule has 0 heterocycles. The lowest BCUT2D eigenvalue weighted by molar-refractivity contribution is -0.137. The molecule has 0 aromatic heterocycles. The van der Waals surface area contributed by atoms with Gasteiger partial charge in [-0.2, -0.15) is 26.3 Å². The fourth-order valence-corrected chi connectivity index (χ4v) is 1.21. The van der Waals surface area contributed by atoms with E-state index >= 15 is 0 Å². The monoisotopic (exact) mass is 272 g/mol. The zero-order valence-electron chi connectivity index (χ0n) is 8.82. The van der Waals surface area contributed by atoms with Crippen molar-refractivity contribution in [2.24, 2.45) is 0 Å². The first kappa shape index (κ1) is 14.3. The van der Waals surface area contributed by atoms with Gasteiger partial charge in [0.1, 0.15) is 5.75 Å². The smallest absolute Gasteiger partial charge is 0.455 e. The van der Waals surface area contributed by atoms with Gasteiger partial charge < -0.3 is 4.74 Å². The minimum atomic E-state index is -5.17. The van der Waals surface area contributed by atoms with Gasteiger partial charge in [-0.1, -0.05) is 0 Å². The van der Waals surface area contributed by atoms with Gasteiger partial charge in [-0.05, 0) is 18.2 Å². The predicted octanol–water partition coefficient (Wildman–Crippen LogP) is 3.46.